The molecule has 0 aliphatic heterocycles. The van der Waals surface area contributed by atoms with Gasteiger partial charge in [0.1, 0.15) is 5.75 Å². The van der Waals surface area contributed by atoms with Gasteiger partial charge in [-0.25, -0.2) is 0 Å². The van der Waals surface area contributed by atoms with Crippen LogP contribution in [0.4, 0.5) is 0 Å². The zero-order chi connectivity index (χ0) is 14.5. The zero-order valence-corrected chi connectivity index (χ0v) is 12.3. The Kier molecular flexibility index (Phi) is 4.76. The predicted molar refractivity (Wildman–Crippen MR) is 79.5 cm³/mol. The van der Waals surface area contributed by atoms with Crippen LogP contribution >= 0.6 is 0 Å². The SMILES string of the molecule is COc1ccc(CN(C)C(CN)c2cnn(C)c2)cc1. The topological polar surface area (TPSA) is 56.3 Å². The number of ether oxygens (including phenoxy) is 1. The third-order valence-electron chi connectivity index (χ3n) is 3.46. The van der Waals surface area contributed by atoms with E-state index in [1.54, 1.807) is 11.8 Å². The first-order chi connectivity index (χ1) is 9.63. The van der Waals surface area contributed by atoms with Gasteiger partial charge in [0, 0.05) is 31.9 Å². The van der Waals surface area contributed by atoms with Crippen molar-refractivity contribution >= 4 is 0 Å². The molecule has 5 heteroatoms. The van der Waals surface area contributed by atoms with Crippen LogP contribution in [0, 0.1) is 0 Å². The van der Waals surface area contributed by atoms with Gasteiger partial charge in [0.15, 0.2) is 0 Å². The summed E-state index contributed by atoms with van der Waals surface area (Å²) in [5.41, 5.74) is 8.29. The minimum absolute atomic E-state index is 0.172. The predicted octanol–water partition coefficient (Wildman–Crippen LogP) is 1.56. The normalized spacial score (nSPS) is 12.7. The van der Waals surface area contributed by atoms with Crippen molar-refractivity contribution in [2.75, 3.05) is 20.7 Å². The molecule has 1 heterocycles. The lowest BCUT2D eigenvalue weighted by molar-refractivity contribution is 0.241. The Balaban J connectivity index is 2.06. The van der Waals surface area contributed by atoms with Crippen LogP contribution < -0.4 is 10.5 Å². The molecule has 0 fully saturated rings. The van der Waals surface area contributed by atoms with Gasteiger partial charge in [-0.2, -0.15) is 5.10 Å². The molecular formula is C15H22N4O. The van der Waals surface area contributed by atoms with E-state index in [0.29, 0.717) is 6.54 Å². The van der Waals surface area contributed by atoms with Gasteiger partial charge in [-0.3, -0.25) is 9.58 Å². The van der Waals surface area contributed by atoms with Crippen molar-refractivity contribution < 1.29 is 4.74 Å². The fourth-order valence-electron chi connectivity index (χ4n) is 2.31. The second kappa shape index (κ2) is 6.54. The van der Waals surface area contributed by atoms with E-state index in [9.17, 15) is 0 Å². The van der Waals surface area contributed by atoms with Crippen LogP contribution in [0.1, 0.15) is 17.2 Å². The molecule has 0 spiro atoms. The quantitative estimate of drug-likeness (QED) is 0.868. The maximum absolute atomic E-state index is 5.92. The summed E-state index contributed by atoms with van der Waals surface area (Å²) in [7, 11) is 5.67. The number of likely N-dealkylation sites (N-methyl/N-ethyl adjacent to an activating group) is 1. The van der Waals surface area contributed by atoms with Gasteiger partial charge >= 0.3 is 0 Å². The fraction of sp³-hybridized carbons (Fsp3) is 0.400. The van der Waals surface area contributed by atoms with Crippen molar-refractivity contribution in [1.29, 1.82) is 0 Å². The van der Waals surface area contributed by atoms with Crippen LogP contribution in [0.5, 0.6) is 5.75 Å². The molecule has 0 amide bonds. The summed E-state index contributed by atoms with van der Waals surface area (Å²) >= 11 is 0. The van der Waals surface area contributed by atoms with Gasteiger partial charge in [0.2, 0.25) is 0 Å². The first kappa shape index (κ1) is 14.6. The molecule has 1 atom stereocenters. The lowest BCUT2D eigenvalue weighted by Gasteiger charge is -2.26. The number of hydrogen-bond acceptors (Lipinski definition) is 4. The Morgan fingerprint density at radius 2 is 2.05 bits per heavy atom. The lowest BCUT2D eigenvalue weighted by Crippen LogP contribution is -2.29. The third-order valence-corrected chi connectivity index (χ3v) is 3.46. The number of methoxy groups -OCH3 is 1. The number of aromatic nitrogens is 2. The highest BCUT2D eigenvalue weighted by Gasteiger charge is 2.17. The molecule has 0 aliphatic carbocycles. The molecule has 20 heavy (non-hydrogen) atoms. The summed E-state index contributed by atoms with van der Waals surface area (Å²) in [6, 6.07) is 8.28. The molecule has 2 rings (SSSR count). The van der Waals surface area contributed by atoms with Gasteiger partial charge in [-0.15, -0.1) is 0 Å². The number of benzene rings is 1. The highest BCUT2D eigenvalue weighted by Crippen LogP contribution is 2.20. The van der Waals surface area contributed by atoms with Crippen molar-refractivity contribution in [3.05, 3.63) is 47.8 Å². The molecule has 0 saturated carbocycles. The van der Waals surface area contributed by atoms with Gasteiger partial charge in [-0.1, -0.05) is 12.1 Å². The molecule has 1 unspecified atom stereocenters. The molecule has 108 valence electrons. The van der Waals surface area contributed by atoms with Crippen molar-refractivity contribution in [2.24, 2.45) is 12.8 Å². The van der Waals surface area contributed by atoms with E-state index in [4.69, 9.17) is 10.5 Å². The van der Waals surface area contributed by atoms with E-state index in [1.807, 2.05) is 31.6 Å². The molecule has 0 bridgehead atoms. The van der Waals surface area contributed by atoms with E-state index >= 15 is 0 Å². The van der Waals surface area contributed by atoms with E-state index in [2.05, 4.69) is 29.2 Å². The summed E-state index contributed by atoms with van der Waals surface area (Å²) in [5.74, 6) is 0.874. The van der Waals surface area contributed by atoms with Crippen LogP contribution in [0.2, 0.25) is 0 Å². The van der Waals surface area contributed by atoms with Crippen molar-refractivity contribution in [1.82, 2.24) is 14.7 Å². The fourth-order valence-corrected chi connectivity index (χ4v) is 2.31. The van der Waals surface area contributed by atoms with Gasteiger partial charge in [0.05, 0.1) is 19.3 Å². The van der Waals surface area contributed by atoms with Gasteiger partial charge in [0.25, 0.3) is 0 Å². The second-order valence-electron chi connectivity index (χ2n) is 4.96. The van der Waals surface area contributed by atoms with E-state index in [-0.39, 0.29) is 6.04 Å². The zero-order valence-electron chi connectivity index (χ0n) is 12.3. The van der Waals surface area contributed by atoms with Crippen LogP contribution in [-0.4, -0.2) is 35.4 Å². The van der Waals surface area contributed by atoms with Crippen LogP contribution in [0.3, 0.4) is 0 Å². The molecule has 5 nitrogen and oxygen atoms in total. The van der Waals surface area contributed by atoms with E-state index in [1.165, 1.54) is 5.56 Å². The minimum Gasteiger partial charge on any atom is -0.497 e. The summed E-state index contributed by atoms with van der Waals surface area (Å²) in [6.45, 7) is 1.40. The maximum atomic E-state index is 5.92. The molecule has 0 radical (unpaired) electrons. The van der Waals surface area contributed by atoms with Gasteiger partial charge in [-0.05, 0) is 24.7 Å². The first-order valence-electron chi connectivity index (χ1n) is 6.66. The van der Waals surface area contributed by atoms with E-state index in [0.717, 1.165) is 17.9 Å². The second-order valence-corrected chi connectivity index (χ2v) is 4.96. The largest absolute Gasteiger partial charge is 0.497 e. The summed E-state index contributed by atoms with van der Waals surface area (Å²) in [4.78, 5) is 2.23. The van der Waals surface area contributed by atoms with Crippen molar-refractivity contribution in [2.45, 2.75) is 12.6 Å². The minimum atomic E-state index is 0.172. The molecule has 1 aromatic carbocycles. The standard InChI is InChI=1S/C15H22N4O/c1-18(10-12-4-6-14(20-3)7-5-12)15(8-16)13-9-17-19(2)11-13/h4-7,9,11,15H,8,10,16H2,1-3H3. The molecule has 2 aromatic rings. The highest BCUT2D eigenvalue weighted by molar-refractivity contribution is 5.27. The number of nitrogens with zero attached hydrogens (tertiary/aromatic N) is 3. The Labute approximate surface area is 119 Å². The third kappa shape index (κ3) is 3.37. The smallest absolute Gasteiger partial charge is 0.118 e. The van der Waals surface area contributed by atoms with Crippen LogP contribution in [-0.2, 0) is 13.6 Å². The highest BCUT2D eigenvalue weighted by atomic mass is 16.5. The van der Waals surface area contributed by atoms with Crippen LogP contribution in [0.15, 0.2) is 36.7 Å². The average Bonchev–Trinajstić information content (AvgIpc) is 2.87. The van der Waals surface area contributed by atoms with Crippen molar-refractivity contribution in [3.8, 4) is 5.75 Å². The van der Waals surface area contributed by atoms with Crippen molar-refractivity contribution in [3.63, 3.8) is 0 Å². The molecule has 2 N–H and O–H groups in total. The van der Waals surface area contributed by atoms with Gasteiger partial charge < -0.3 is 10.5 Å². The number of aryl methyl sites for hydroxylation is 1. The van der Waals surface area contributed by atoms with Crippen LogP contribution in [0.25, 0.3) is 0 Å². The summed E-state index contributed by atoms with van der Waals surface area (Å²) in [6.07, 6.45) is 3.89. The summed E-state index contributed by atoms with van der Waals surface area (Å²) in [5, 5.41) is 4.22. The number of nitrogens with two attached hydrogens (primary N) is 1. The Morgan fingerprint density at radius 1 is 1.35 bits per heavy atom. The van der Waals surface area contributed by atoms with E-state index < -0.39 is 0 Å². The Hall–Kier alpha value is -1.85. The molecular weight excluding hydrogens is 252 g/mol. The number of rotatable bonds is 6. The Morgan fingerprint density at radius 3 is 2.55 bits per heavy atom. The number of hydrogen-bond donors (Lipinski definition) is 1. The summed E-state index contributed by atoms with van der Waals surface area (Å²) < 4.78 is 6.98. The average molecular weight is 274 g/mol. The first-order valence-corrected chi connectivity index (χ1v) is 6.66. The molecule has 1 aromatic heterocycles. The monoisotopic (exact) mass is 274 g/mol. The lowest BCUT2D eigenvalue weighted by atomic mass is 10.1. The molecule has 0 saturated heterocycles. The molecule has 0 aliphatic rings. The maximum Gasteiger partial charge on any atom is 0.118 e. The Bertz CT molecular complexity index is 535.